The van der Waals surface area contributed by atoms with E-state index in [1.807, 2.05) is 28.5 Å². The first-order valence-electron chi connectivity index (χ1n) is 6.70. The highest BCUT2D eigenvalue weighted by molar-refractivity contribution is 7.13. The predicted octanol–water partition coefficient (Wildman–Crippen LogP) is 2.07. The van der Waals surface area contributed by atoms with Gasteiger partial charge in [0, 0.05) is 45.7 Å². The maximum Gasteiger partial charge on any atom is 0.219 e. The number of nitrogens with zero attached hydrogens (tertiary/aromatic N) is 3. The van der Waals surface area contributed by atoms with Crippen molar-refractivity contribution in [2.24, 2.45) is 0 Å². The molecule has 1 aliphatic rings. The van der Waals surface area contributed by atoms with Crippen molar-refractivity contribution in [2.45, 2.75) is 13.5 Å². The topological polar surface area (TPSA) is 49.6 Å². The number of piperazine rings is 1. The highest BCUT2D eigenvalue weighted by Crippen LogP contribution is 2.25. The summed E-state index contributed by atoms with van der Waals surface area (Å²) in [6.07, 6.45) is 0. The van der Waals surface area contributed by atoms with Crippen LogP contribution in [0.3, 0.4) is 0 Å². The summed E-state index contributed by atoms with van der Waals surface area (Å²) in [7, 11) is 0. The standard InChI is InChI=1S/C14H17N3O2S/c1-11(18)17-6-4-16(5-7-17)10-12-9-13(19-15-12)14-3-2-8-20-14/h2-3,8-9H,4-7,10H2,1H3. The highest BCUT2D eigenvalue weighted by atomic mass is 32.1. The van der Waals surface area contributed by atoms with Gasteiger partial charge in [0.15, 0.2) is 5.76 Å². The number of amides is 1. The Morgan fingerprint density at radius 3 is 2.85 bits per heavy atom. The first-order chi connectivity index (χ1) is 9.72. The van der Waals surface area contributed by atoms with Crippen molar-refractivity contribution < 1.29 is 9.32 Å². The van der Waals surface area contributed by atoms with Gasteiger partial charge in [-0.2, -0.15) is 0 Å². The van der Waals surface area contributed by atoms with Crippen LogP contribution in [0.5, 0.6) is 0 Å². The third-order valence-corrected chi connectivity index (χ3v) is 4.41. The predicted molar refractivity (Wildman–Crippen MR) is 77.3 cm³/mol. The largest absolute Gasteiger partial charge is 0.355 e. The lowest BCUT2D eigenvalue weighted by atomic mass is 10.2. The molecule has 0 aromatic carbocycles. The molecule has 1 saturated heterocycles. The molecule has 0 saturated carbocycles. The van der Waals surface area contributed by atoms with Crippen LogP contribution < -0.4 is 0 Å². The molecule has 3 rings (SSSR count). The quantitative estimate of drug-likeness (QED) is 0.868. The Balaban J connectivity index is 1.58. The molecule has 5 nitrogen and oxygen atoms in total. The summed E-state index contributed by atoms with van der Waals surface area (Å²) < 4.78 is 5.38. The van der Waals surface area contributed by atoms with Crippen LogP contribution in [-0.4, -0.2) is 47.0 Å². The molecule has 2 aromatic heterocycles. The van der Waals surface area contributed by atoms with Gasteiger partial charge in [-0.05, 0) is 11.4 Å². The minimum atomic E-state index is 0.158. The molecule has 0 radical (unpaired) electrons. The van der Waals surface area contributed by atoms with Gasteiger partial charge >= 0.3 is 0 Å². The number of hydrogen-bond donors (Lipinski definition) is 0. The third kappa shape index (κ3) is 2.91. The van der Waals surface area contributed by atoms with Gasteiger partial charge in [0.2, 0.25) is 5.91 Å². The van der Waals surface area contributed by atoms with Crippen LogP contribution in [0.4, 0.5) is 0 Å². The number of rotatable bonds is 3. The lowest BCUT2D eigenvalue weighted by Crippen LogP contribution is -2.47. The molecule has 0 N–H and O–H groups in total. The number of hydrogen-bond acceptors (Lipinski definition) is 5. The van der Waals surface area contributed by atoms with Gasteiger partial charge < -0.3 is 9.42 Å². The van der Waals surface area contributed by atoms with E-state index in [-0.39, 0.29) is 5.91 Å². The molecule has 0 bridgehead atoms. The molecular weight excluding hydrogens is 274 g/mol. The number of aromatic nitrogens is 1. The van der Waals surface area contributed by atoms with E-state index < -0.39 is 0 Å². The van der Waals surface area contributed by atoms with E-state index in [2.05, 4.69) is 10.1 Å². The van der Waals surface area contributed by atoms with Crippen LogP contribution in [-0.2, 0) is 11.3 Å². The maximum atomic E-state index is 11.3. The second-order valence-electron chi connectivity index (χ2n) is 4.94. The van der Waals surface area contributed by atoms with Gasteiger partial charge in [0.1, 0.15) is 0 Å². The molecule has 0 unspecified atom stereocenters. The van der Waals surface area contributed by atoms with Crippen molar-refractivity contribution in [3.05, 3.63) is 29.3 Å². The van der Waals surface area contributed by atoms with Crippen molar-refractivity contribution in [3.8, 4) is 10.6 Å². The molecule has 1 amide bonds. The monoisotopic (exact) mass is 291 g/mol. The zero-order valence-corrected chi connectivity index (χ0v) is 12.2. The van der Waals surface area contributed by atoms with Crippen molar-refractivity contribution in [2.75, 3.05) is 26.2 Å². The molecule has 0 atom stereocenters. The number of carbonyl (C=O) groups is 1. The van der Waals surface area contributed by atoms with Gasteiger partial charge in [0.05, 0.1) is 10.6 Å². The summed E-state index contributed by atoms with van der Waals surface area (Å²) in [5.74, 6) is 0.989. The Kier molecular flexibility index (Phi) is 3.84. The van der Waals surface area contributed by atoms with E-state index in [0.717, 1.165) is 49.1 Å². The van der Waals surface area contributed by atoms with Crippen LogP contribution >= 0.6 is 11.3 Å². The molecule has 6 heteroatoms. The van der Waals surface area contributed by atoms with Gasteiger partial charge in [-0.1, -0.05) is 11.2 Å². The fourth-order valence-electron chi connectivity index (χ4n) is 2.37. The van der Waals surface area contributed by atoms with Crippen LogP contribution in [0.1, 0.15) is 12.6 Å². The summed E-state index contributed by atoms with van der Waals surface area (Å²) in [5, 5.41) is 6.16. The fourth-order valence-corrected chi connectivity index (χ4v) is 3.04. The van der Waals surface area contributed by atoms with Crippen molar-refractivity contribution in [1.29, 1.82) is 0 Å². The van der Waals surface area contributed by atoms with E-state index in [9.17, 15) is 4.79 Å². The van der Waals surface area contributed by atoms with E-state index in [4.69, 9.17) is 4.52 Å². The Labute approximate surface area is 121 Å². The van der Waals surface area contributed by atoms with Gasteiger partial charge in [-0.15, -0.1) is 11.3 Å². The van der Waals surface area contributed by atoms with Crippen molar-refractivity contribution in [3.63, 3.8) is 0 Å². The second kappa shape index (κ2) is 5.76. The molecule has 20 heavy (non-hydrogen) atoms. The number of thiophene rings is 1. The average Bonchev–Trinajstić information content (AvgIpc) is 3.09. The van der Waals surface area contributed by atoms with Crippen LogP contribution in [0.2, 0.25) is 0 Å². The minimum Gasteiger partial charge on any atom is -0.355 e. The van der Waals surface area contributed by atoms with E-state index in [1.165, 1.54) is 0 Å². The summed E-state index contributed by atoms with van der Waals surface area (Å²) in [5.41, 5.74) is 0.949. The van der Waals surface area contributed by atoms with Gasteiger partial charge in [0.25, 0.3) is 0 Å². The minimum absolute atomic E-state index is 0.158. The fraction of sp³-hybridized carbons (Fsp3) is 0.429. The molecule has 3 heterocycles. The smallest absolute Gasteiger partial charge is 0.219 e. The normalized spacial score (nSPS) is 16.6. The lowest BCUT2D eigenvalue weighted by Gasteiger charge is -2.33. The Hall–Kier alpha value is -1.66. The molecule has 2 aromatic rings. The zero-order chi connectivity index (χ0) is 13.9. The van der Waals surface area contributed by atoms with Crippen molar-refractivity contribution in [1.82, 2.24) is 15.0 Å². The summed E-state index contributed by atoms with van der Waals surface area (Å²) in [4.78, 5) is 16.6. The lowest BCUT2D eigenvalue weighted by molar-refractivity contribution is -0.130. The molecule has 0 aliphatic carbocycles. The Morgan fingerprint density at radius 2 is 2.20 bits per heavy atom. The summed E-state index contributed by atoms with van der Waals surface area (Å²) in [6, 6.07) is 6.03. The van der Waals surface area contributed by atoms with E-state index >= 15 is 0 Å². The van der Waals surface area contributed by atoms with Gasteiger partial charge in [-0.25, -0.2) is 0 Å². The molecular formula is C14H17N3O2S. The first kappa shape index (κ1) is 13.3. The van der Waals surface area contributed by atoms with Crippen LogP contribution in [0.25, 0.3) is 10.6 Å². The molecule has 1 fully saturated rings. The first-order valence-corrected chi connectivity index (χ1v) is 7.57. The second-order valence-corrected chi connectivity index (χ2v) is 5.89. The Bertz CT molecular complexity index is 571. The molecule has 0 spiro atoms. The maximum absolute atomic E-state index is 11.3. The zero-order valence-electron chi connectivity index (χ0n) is 11.4. The SMILES string of the molecule is CC(=O)N1CCN(Cc2cc(-c3cccs3)on2)CC1. The summed E-state index contributed by atoms with van der Waals surface area (Å²) in [6.45, 7) is 5.78. The van der Waals surface area contributed by atoms with Crippen LogP contribution in [0, 0.1) is 0 Å². The molecule has 106 valence electrons. The van der Waals surface area contributed by atoms with E-state index in [1.54, 1.807) is 18.3 Å². The van der Waals surface area contributed by atoms with E-state index in [0.29, 0.717) is 0 Å². The Morgan fingerprint density at radius 1 is 1.40 bits per heavy atom. The van der Waals surface area contributed by atoms with Crippen LogP contribution in [0.15, 0.2) is 28.1 Å². The average molecular weight is 291 g/mol. The highest BCUT2D eigenvalue weighted by Gasteiger charge is 2.19. The molecule has 1 aliphatic heterocycles. The van der Waals surface area contributed by atoms with Crippen molar-refractivity contribution >= 4 is 17.2 Å². The van der Waals surface area contributed by atoms with Gasteiger partial charge in [-0.3, -0.25) is 9.69 Å². The third-order valence-electron chi connectivity index (χ3n) is 3.53. The summed E-state index contributed by atoms with van der Waals surface area (Å²) >= 11 is 1.65. The number of carbonyl (C=O) groups excluding carboxylic acids is 1.